The van der Waals surface area contributed by atoms with E-state index in [0.29, 0.717) is 5.69 Å². The van der Waals surface area contributed by atoms with Crippen molar-refractivity contribution < 1.29 is 13.2 Å². The van der Waals surface area contributed by atoms with Gasteiger partial charge in [-0.25, -0.2) is 4.68 Å². The molecule has 0 aliphatic rings. The summed E-state index contributed by atoms with van der Waals surface area (Å²) in [6.07, 6.45) is -2.58. The molecule has 1 unspecified atom stereocenters. The van der Waals surface area contributed by atoms with E-state index in [4.69, 9.17) is 0 Å². The van der Waals surface area contributed by atoms with Crippen molar-refractivity contribution in [1.82, 2.24) is 15.1 Å². The monoisotopic (exact) mass is 359 g/mol. The van der Waals surface area contributed by atoms with Crippen LogP contribution in [0.2, 0.25) is 0 Å². The first-order valence-electron chi connectivity index (χ1n) is 8.39. The second-order valence-corrected chi connectivity index (χ2v) is 6.25. The number of rotatable bonds is 5. The Morgan fingerprint density at radius 2 is 1.54 bits per heavy atom. The van der Waals surface area contributed by atoms with E-state index < -0.39 is 11.7 Å². The third kappa shape index (κ3) is 4.14. The van der Waals surface area contributed by atoms with Crippen LogP contribution in [-0.4, -0.2) is 9.78 Å². The van der Waals surface area contributed by atoms with Crippen LogP contribution in [-0.2, 0) is 6.18 Å². The van der Waals surface area contributed by atoms with Crippen molar-refractivity contribution in [2.75, 3.05) is 0 Å². The Morgan fingerprint density at radius 3 is 2.15 bits per heavy atom. The molecular formula is C20H20F3N3. The highest BCUT2D eigenvalue weighted by atomic mass is 19.4. The van der Waals surface area contributed by atoms with Gasteiger partial charge in [-0.1, -0.05) is 30.3 Å². The molecule has 0 aliphatic heterocycles. The lowest BCUT2D eigenvalue weighted by Gasteiger charge is -2.19. The van der Waals surface area contributed by atoms with E-state index >= 15 is 0 Å². The zero-order valence-electron chi connectivity index (χ0n) is 14.5. The lowest BCUT2D eigenvalue weighted by molar-refractivity contribution is -0.137. The smallest absolute Gasteiger partial charge is 0.302 e. The molecule has 136 valence electrons. The quantitative estimate of drug-likeness (QED) is 0.670. The predicted molar refractivity (Wildman–Crippen MR) is 95.0 cm³/mol. The highest BCUT2D eigenvalue weighted by molar-refractivity contribution is 5.35. The van der Waals surface area contributed by atoms with Gasteiger partial charge in [0.25, 0.3) is 0 Å². The third-order valence-corrected chi connectivity index (χ3v) is 4.31. The molecule has 0 saturated heterocycles. The number of aromatic nitrogens is 2. The van der Waals surface area contributed by atoms with Crippen LogP contribution < -0.4 is 5.32 Å². The molecule has 0 fully saturated rings. The van der Waals surface area contributed by atoms with Gasteiger partial charge in [0.15, 0.2) is 0 Å². The first-order chi connectivity index (χ1) is 12.3. The number of nitrogens with one attached hydrogen (secondary N) is 1. The van der Waals surface area contributed by atoms with Crippen molar-refractivity contribution in [3.8, 4) is 5.69 Å². The molecule has 2 atom stereocenters. The normalized spacial score (nSPS) is 14.2. The number of benzene rings is 2. The molecule has 2 aromatic carbocycles. The predicted octanol–water partition coefficient (Wildman–Crippen LogP) is 5.30. The van der Waals surface area contributed by atoms with Gasteiger partial charge in [0, 0.05) is 18.3 Å². The maximum absolute atomic E-state index is 12.7. The number of hydrogen-bond acceptors (Lipinski definition) is 2. The average molecular weight is 359 g/mol. The summed E-state index contributed by atoms with van der Waals surface area (Å²) in [6.45, 7) is 4.09. The highest BCUT2D eigenvalue weighted by Crippen LogP contribution is 2.29. The maximum atomic E-state index is 12.7. The molecule has 6 heteroatoms. The molecule has 26 heavy (non-hydrogen) atoms. The molecule has 3 rings (SSSR count). The van der Waals surface area contributed by atoms with Crippen LogP contribution in [0.25, 0.3) is 5.69 Å². The molecule has 0 amide bonds. The third-order valence-electron chi connectivity index (χ3n) is 4.31. The van der Waals surface area contributed by atoms with Crippen molar-refractivity contribution in [2.24, 2.45) is 0 Å². The fraction of sp³-hybridized carbons (Fsp3) is 0.250. The molecular weight excluding hydrogens is 339 g/mol. The Hall–Kier alpha value is -2.60. The highest BCUT2D eigenvalue weighted by Gasteiger charge is 2.30. The van der Waals surface area contributed by atoms with Crippen molar-refractivity contribution in [3.05, 3.63) is 83.7 Å². The average Bonchev–Trinajstić information content (AvgIpc) is 3.12. The van der Waals surface area contributed by atoms with Crippen molar-refractivity contribution >= 4 is 0 Å². The van der Waals surface area contributed by atoms with Crippen LogP contribution in [0.15, 0.2) is 66.9 Å². The topological polar surface area (TPSA) is 29.9 Å². The first kappa shape index (κ1) is 18.2. The molecule has 3 aromatic rings. The van der Waals surface area contributed by atoms with E-state index in [0.717, 1.165) is 17.8 Å². The van der Waals surface area contributed by atoms with E-state index in [1.165, 1.54) is 17.7 Å². The van der Waals surface area contributed by atoms with E-state index in [9.17, 15) is 13.2 Å². The van der Waals surface area contributed by atoms with Gasteiger partial charge in [-0.05, 0) is 49.7 Å². The summed E-state index contributed by atoms with van der Waals surface area (Å²) < 4.78 is 39.6. The second-order valence-electron chi connectivity index (χ2n) is 6.25. The van der Waals surface area contributed by atoms with Gasteiger partial charge in [0.05, 0.1) is 16.9 Å². The van der Waals surface area contributed by atoms with E-state index in [1.807, 2.05) is 31.2 Å². The number of alkyl halides is 3. The largest absolute Gasteiger partial charge is 0.416 e. The Labute approximate surface area is 150 Å². The summed E-state index contributed by atoms with van der Waals surface area (Å²) in [4.78, 5) is 0. The zero-order chi connectivity index (χ0) is 18.7. The summed E-state index contributed by atoms with van der Waals surface area (Å²) >= 11 is 0. The van der Waals surface area contributed by atoms with Crippen LogP contribution in [0.1, 0.15) is 42.8 Å². The lowest BCUT2D eigenvalue weighted by Crippen LogP contribution is -2.22. The van der Waals surface area contributed by atoms with Gasteiger partial charge >= 0.3 is 6.18 Å². The van der Waals surface area contributed by atoms with Crippen LogP contribution in [0.4, 0.5) is 13.2 Å². The van der Waals surface area contributed by atoms with Crippen molar-refractivity contribution in [3.63, 3.8) is 0 Å². The van der Waals surface area contributed by atoms with Gasteiger partial charge in [-0.2, -0.15) is 18.3 Å². The van der Waals surface area contributed by atoms with Gasteiger partial charge in [-0.3, -0.25) is 0 Å². The Bertz CT molecular complexity index is 839. The molecule has 0 saturated carbocycles. The maximum Gasteiger partial charge on any atom is 0.416 e. The Morgan fingerprint density at radius 1 is 0.885 bits per heavy atom. The van der Waals surface area contributed by atoms with Crippen LogP contribution in [0.5, 0.6) is 0 Å². The Balaban J connectivity index is 1.71. The SMILES string of the molecule is CC(N[C@H](C)c1ccccc1)c1ccn(-c2ccc(C(F)(F)F)cc2)n1. The molecule has 0 aliphatic carbocycles. The van der Waals surface area contributed by atoms with Gasteiger partial charge in [-0.15, -0.1) is 0 Å². The van der Waals surface area contributed by atoms with E-state index in [2.05, 4.69) is 29.5 Å². The number of halogens is 3. The van der Waals surface area contributed by atoms with Gasteiger partial charge < -0.3 is 5.32 Å². The first-order valence-corrected chi connectivity index (χ1v) is 8.39. The molecule has 0 bridgehead atoms. The minimum atomic E-state index is -4.33. The second kappa shape index (κ2) is 7.33. The van der Waals surface area contributed by atoms with Crippen molar-refractivity contribution in [2.45, 2.75) is 32.1 Å². The number of hydrogen-bond donors (Lipinski definition) is 1. The van der Waals surface area contributed by atoms with E-state index in [1.54, 1.807) is 10.9 Å². The molecule has 3 nitrogen and oxygen atoms in total. The molecule has 1 aromatic heterocycles. The van der Waals surface area contributed by atoms with Crippen LogP contribution >= 0.6 is 0 Å². The summed E-state index contributed by atoms with van der Waals surface area (Å²) in [5.74, 6) is 0. The van der Waals surface area contributed by atoms with Crippen molar-refractivity contribution in [1.29, 1.82) is 0 Å². The number of nitrogens with zero attached hydrogens (tertiary/aromatic N) is 2. The summed E-state index contributed by atoms with van der Waals surface area (Å²) in [5.41, 5.74) is 1.93. The molecule has 0 radical (unpaired) electrons. The fourth-order valence-corrected chi connectivity index (χ4v) is 2.81. The summed E-state index contributed by atoms with van der Waals surface area (Å²) in [5, 5.41) is 7.97. The minimum Gasteiger partial charge on any atom is -0.302 e. The summed E-state index contributed by atoms with van der Waals surface area (Å²) in [6, 6.07) is 17.1. The molecule has 1 heterocycles. The molecule has 0 spiro atoms. The van der Waals surface area contributed by atoms with Crippen LogP contribution in [0, 0.1) is 0 Å². The summed E-state index contributed by atoms with van der Waals surface area (Å²) in [7, 11) is 0. The fourth-order valence-electron chi connectivity index (χ4n) is 2.81. The lowest BCUT2D eigenvalue weighted by atomic mass is 10.1. The van der Waals surface area contributed by atoms with Crippen LogP contribution in [0.3, 0.4) is 0 Å². The Kier molecular flexibility index (Phi) is 5.13. The van der Waals surface area contributed by atoms with Gasteiger partial charge in [0.2, 0.25) is 0 Å². The molecule has 1 N–H and O–H groups in total. The van der Waals surface area contributed by atoms with Gasteiger partial charge in [0.1, 0.15) is 0 Å². The zero-order valence-corrected chi connectivity index (χ0v) is 14.5. The van der Waals surface area contributed by atoms with E-state index in [-0.39, 0.29) is 12.1 Å². The minimum absolute atomic E-state index is 0.000837. The standard InChI is InChI=1S/C20H20F3N3/c1-14(16-6-4-3-5-7-16)24-15(2)19-12-13-26(25-19)18-10-8-17(9-11-18)20(21,22)23/h3-15,24H,1-2H3/t14-,15?/m1/s1.